The lowest BCUT2D eigenvalue weighted by molar-refractivity contribution is 0.0333. The number of hydrogen-bond donors (Lipinski definition) is 1. The van der Waals surface area contributed by atoms with E-state index in [1.807, 2.05) is 0 Å². The van der Waals surface area contributed by atoms with Crippen molar-refractivity contribution in [2.75, 3.05) is 5.32 Å². The van der Waals surface area contributed by atoms with E-state index in [0.717, 1.165) is 24.3 Å². The smallest absolute Gasteiger partial charge is 0.331 e. The van der Waals surface area contributed by atoms with Gasteiger partial charge >= 0.3 is 5.92 Å². The van der Waals surface area contributed by atoms with E-state index in [0.29, 0.717) is 16.7 Å². The number of alkyl halides is 2. The van der Waals surface area contributed by atoms with E-state index in [-0.39, 0.29) is 11.4 Å². The summed E-state index contributed by atoms with van der Waals surface area (Å²) in [4.78, 5) is 12.2. The van der Waals surface area contributed by atoms with E-state index in [2.05, 4.69) is 20.3 Å². The second kappa shape index (κ2) is 6.39. The van der Waals surface area contributed by atoms with Crippen LogP contribution in [-0.4, -0.2) is 19.5 Å². The van der Waals surface area contributed by atoms with Gasteiger partial charge in [-0.25, -0.2) is 19.3 Å². The third-order valence-electron chi connectivity index (χ3n) is 4.04. The summed E-state index contributed by atoms with van der Waals surface area (Å²) >= 11 is 0. The number of hydrogen-bond acceptors (Lipinski definition) is 4. The Bertz CT molecular complexity index is 1110. The summed E-state index contributed by atoms with van der Waals surface area (Å²) in [7, 11) is 1.80. The Hall–Kier alpha value is -3.42. The van der Waals surface area contributed by atoms with E-state index >= 15 is 0 Å². The van der Waals surface area contributed by atoms with Crippen molar-refractivity contribution >= 4 is 22.5 Å². The molecule has 0 unspecified atom stereocenters. The van der Waals surface area contributed by atoms with Gasteiger partial charge < -0.3 is 9.88 Å². The number of nitrogens with one attached hydrogen (secondary N) is 1. The summed E-state index contributed by atoms with van der Waals surface area (Å²) in [6.07, 6.45) is 3.29. The monoisotopic (exact) mass is 369 g/mol. The molecule has 0 spiro atoms. The maximum Gasteiger partial charge on any atom is 0.331 e. The van der Waals surface area contributed by atoms with Crippen LogP contribution in [0.2, 0.25) is 0 Å². The summed E-state index contributed by atoms with van der Waals surface area (Å²) < 4.78 is 44.8. The van der Waals surface area contributed by atoms with Crippen LogP contribution in [0.1, 0.15) is 11.4 Å². The molecule has 0 aliphatic carbocycles. The van der Waals surface area contributed by atoms with Crippen LogP contribution in [0.3, 0.4) is 0 Å². The molecule has 0 fully saturated rings. The van der Waals surface area contributed by atoms with Crippen molar-refractivity contribution in [3.63, 3.8) is 0 Å². The maximum absolute atomic E-state index is 15.0. The first-order valence-corrected chi connectivity index (χ1v) is 8.09. The Labute approximate surface area is 152 Å². The zero-order valence-electron chi connectivity index (χ0n) is 14.2. The fraction of sp³-hybridized carbons (Fsp3) is 0.105. The highest BCUT2D eigenvalue weighted by molar-refractivity contribution is 5.90. The summed E-state index contributed by atoms with van der Waals surface area (Å²) in [5.41, 5.74) is -0.0225. The van der Waals surface area contributed by atoms with Crippen molar-refractivity contribution in [1.82, 2.24) is 19.5 Å². The van der Waals surface area contributed by atoms with Gasteiger partial charge in [0.1, 0.15) is 17.5 Å². The topological polar surface area (TPSA) is 55.6 Å². The molecule has 0 saturated carbocycles. The molecular weight excluding hydrogens is 355 g/mol. The molecule has 0 saturated heterocycles. The minimum Gasteiger partial charge on any atom is -0.338 e. The maximum atomic E-state index is 15.0. The number of aryl methyl sites for hydroxylation is 1. The molecule has 2 aromatic carbocycles. The Kier molecular flexibility index (Phi) is 4.02. The lowest BCUT2D eigenvalue weighted by atomic mass is 10.1. The SMILES string of the molecule is Cn1cnc(Nc2nc(C(F)(F)c3ccc(F)cc3)nc3ccccc23)c1. The second-order valence-corrected chi connectivity index (χ2v) is 6.04. The molecule has 0 bridgehead atoms. The van der Waals surface area contributed by atoms with Gasteiger partial charge in [-0.1, -0.05) is 12.1 Å². The molecule has 4 rings (SSSR count). The number of imidazole rings is 1. The standard InChI is InChI=1S/C19H14F3N5/c1-27-10-16(23-11-27)25-17-14-4-2-3-5-15(14)24-18(26-17)19(21,22)12-6-8-13(20)9-7-12/h2-11H,1H3,(H,24,25,26). The second-order valence-electron chi connectivity index (χ2n) is 6.04. The Morgan fingerprint density at radius 2 is 1.74 bits per heavy atom. The molecule has 2 heterocycles. The van der Waals surface area contributed by atoms with E-state index in [9.17, 15) is 13.2 Å². The highest BCUT2D eigenvalue weighted by Crippen LogP contribution is 2.36. The number of rotatable bonds is 4. The summed E-state index contributed by atoms with van der Waals surface area (Å²) in [5.74, 6) is -4.07. The Morgan fingerprint density at radius 1 is 1.00 bits per heavy atom. The van der Waals surface area contributed by atoms with Gasteiger partial charge in [-0.2, -0.15) is 8.78 Å². The molecule has 136 valence electrons. The van der Waals surface area contributed by atoms with Crippen molar-refractivity contribution < 1.29 is 13.2 Å². The van der Waals surface area contributed by atoms with E-state index in [1.54, 1.807) is 48.4 Å². The number of fused-ring (bicyclic) bond motifs is 1. The fourth-order valence-electron chi connectivity index (χ4n) is 2.70. The molecule has 1 N–H and O–H groups in total. The predicted molar refractivity (Wildman–Crippen MR) is 95.4 cm³/mol. The zero-order valence-corrected chi connectivity index (χ0v) is 14.2. The highest BCUT2D eigenvalue weighted by Gasteiger charge is 2.38. The van der Waals surface area contributed by atoms with Gasteiger partial charge in [0, 0.05) is 24.2 Å². The Morgan fingerprint density at radius 3 is 2.44 bits per heavy atom. The Balaban J connectivity index is 1.84. The highest BCUT2D eigenvalue weighted by atomic mass is 19.3. The van der Waals surface area contributed by atoms with Crippen molar-refractivity contribution in [3.05, 3.63) is 78.3 Å². The van der Waals surface area contributed by atoms with Gasteiger partial charge in [-0.05, 0) is 36.4 Å². The van der Waals surface area contributed by atoms with Crippen LogP contribution in [0, 0.1) is 5.82 Å². The third-order valence-corrected chi connectivity index (χ3v) is 4.04. The lowest BCUT2D eigenvalue weighted by Crippen LogP contribution is -2.20. The summed E-state index contributed by atoms with van der Waals surface area (Å²) in [6.45, 7) is 0. The largest absolute Gasteiger partial charge is 0.338 e. The van der Waals surface area contributed by atoms with Crippen molar-refractivity contribution in [2.24, 2.45) is 7.05 Å². The van der Waals surface area contributed by atoms with Crippen LogP contribution in [0.4, 0.5) is 24.8 Å². The summed E-state index contributed by atoms with van der Waals surface area (Å²) in [6, 6.07) is 10.9. The summed E-state index contributed by atoms with van der Waals surface area (Å²) in [5, 5.41) is 3.55. The number of halogens is 3. The molecule has 27 heavy (non-hydrogen) atoms. The van der Waals surface area contributed by atoms with Gasteiger partial charge in [0.05, 0.1) is 11.8 Å². The number of para-hydroxylation sites is 1. The van der Waals surface area contributed by atoms with Gasteiger partial charge in [-0.15, -0.1) is 0 Å². The van der Waals surface area contributed by atoms with Crippen LogP contribution in [-0.2, 0) is 13.0 Å². The first-order chi connectivity index (χ1) is 12.9. The molecule has 0 aliphatic rings. The molecule has 5 nitrogen and oxygen atoms in total. The van der Waals surface area contributed by atoms with Crippen LogP contribution in [0.5, 0.6) is 0 Å². The average Bonchev–Trinajstić information content (AvgIpc) is 3.07. The third kappa shape index (κ3) is 3.21. The zero-order chi connectivity index (χ0) is 19.0. The molecule has 0 amide bonds. The molecule has 8 heteroatoms. The molecule has 2 aromatic heterocycles. The minimum atomic E-state index is -3.49. The molecule has 0 radical (unpaired) electrons. The predicted octanol–water partition coefficient (Wildman–Crippen LogP) is 4.39. The van der Waals surface area contributed by atoms with E-state index < -0.39 is 17.6 Å². The van der Waals surface area contributed by atoms with Crippen molar-refractivity contribution in [1.29, 1.82) is 0 Å². The van der Waals surface area contributed by atoms with Gasteiger partial charge in [-0.3, -0.25) is 0 Å². The lowest BCUT2D eigenvalue weighted by Gasteiger charge is -2.17. The van der Waals surface area contributed by atoms with E-state index in [4.69, 9.17) is 0 Å². The molecular formula is C19H14F3N5. The van der Waals surface area contributed by atoms with E-state index in [1.165, 1.54) is 0 Å². The molecule has 4 aromatic rings. The normalized spacial score (nSPS) is 11.7. The van der Waals surface area contributed by atoms with Gasteiger partial charge in [0.25, 0.3) is 0 Å². The number of aromatic nitrogens is 4. The number of benzene rings is 2. The van der Waals surface area contributed by atoms with Gasteiger partial charge in [0.15, 0.2) is 0 Å². The van der Waals surface area contributed by atoms with Crippen molar-refractivity contribution in [3.8, 4) is 0 Å². The van der Waals surface area contributed by atoms with Crippen molar-refractivity contribution in [2.45, 2.75) is 5.92 Å². The first kappa shape index (κ1) is 17.0. The quantitative estimate of drug-likeness (QED) is 0.580. The minimum absolute atomic E-state index is 0.219. The van der Waals surface area contributed by atoms with Crippen LogP contribution in [0.15, 0.2) is 61.1 Å². The molecule has 0 aliphatic heterocycles. The first-order valence-electron chi connectivity index (χ1n) is 8.09. The number of nitrogens with zero attached hydrogens (tertiary/aromatic N) is 4. The van der Waals surface area contributed by atoms with Crippen LogP contribution < -0.4 is 5.32 Å². The van der Waals surface area contributed by atoms with Crippen LogP contribution in [0.25, 0.3) is 10.9 Å². The number of anilines is 2. The van der Waals surface area contributed by atoms with Gasteiger partial charge in [0.2, 0.25) is 5.82 Å². The molecule has 0 atom stereocenters. The fourth-order valence-corrected chi connectivity index (χ4v) is 2.70. The van der Waals surface area contributed by atoms with Crippen LogP contribution >= 0.6 is 0 Å². The average molecular weight is 369 g/mol.